The van der Waals surface area contributed by atoms with Crippen LogP contribution in [0.4, 0.5) is 0 Å². The van der Waals surface area contributed by atoms with Crippen molar-refractivity contribution >= 4 is 23.8 Å². The Morgan fingerprint density at radius 1 is 0.804 bits per heavy atom. The first-order chi connectivity index (χ1) is 24.8. The molecule has 0 aliphatic carbocycles. The van der Waals surface area contributed by atoms with E-state index in [1.165, 1.54) is 4.90 Å². The number of amides is 2. The molecule has 3 heterocycles. The van der Waals surface area contributed by atoms with E-state index in [0.717, 1.165) is 55.8 Å². The molecule has 4 rings (SSSR count). The second kappa shape index (κ2) is 21.5. The minimum atomic E-state index is -1.05. The van der Waals surface area contributed by atoms with Gasteiger partial charge in [-0.15, -0.1) is 0 Å². The molecular weight excluding hydrogens is 648 g/mol. The summed E-state index contributed by atoms with van der Waals surface area (Å²) < 4.78 is 0. The van der Waals surface area contributed by atoms with Crippen molar-refractivity contribution in [3.63, 3.8) is 0 Å². The third-order valence-corrected chi connectivity index (χ3v) is 9.23. The SMILES string of the molecule is O=C(CCCCCN(Cc1ccccn1)Cc1ccccn1)NCCCC[C@H](N[C@@H](CCc1ccccc1)C(=O)O)C(=O)N1CCC[C@H]1C(=O)O. The number of carbonyl (C=O) groups excluding carboxylic acids is 2. The molecule has 1 fully saturated rings. The molecule has 274 valence electrons. The van der Waals surface area contributed by atoms with Crippen LogP contribution in [0.2, 0.25) is 0 Å². The molecule has 1 saturated heterocycles. The highest BCUT2D eigenvalue weighted by molar-refractivity contribution is 5.88. The van der Waals surface area contributed by atoms with Crippen molar-refractivity contribution in [2.45, 2.75) is 102 Å². The summed E-state index contributed by atoms with van der Waals surface area (Å²) in [5.41, 5.74) is 3.01. The largest absolute Gasteiger partial charge is 0.480 e. The number of aryl methyl sites for hydroxylation is 1. The number of aliphatic carboxylic acids is 2. The van der Waals surface area contributed by atoms with Gasteiger partial charge in [0.05, 0.1) is 17.4 Å². The van der Waals surface area contributed by atoms with E-state index in [9.17, 15) is 29.4 Å². The van der Waals surface area contributed by atoms with Crippen molar-refractivity contribution in [3.8, 4) is 0 Å². The standard InChI is InChI=1S/C39H52N6O6/c46-36(20-5-2-12-26-44(28-31-16-6-9-23-40-31)29-32-17-7-10-24-41-32)42-25-11-8-18-33(37(47)45-27-13-19-35(45)39(50)51)43-34(38(48)49)22-21-30-14-3-1-4-15-30/h1,3-4,6-7,9-10,14-17,23-24,33-35,43H,2,5,8,11-13,18-22,25-29H2,(H,42,46)(H,48,49)(H,50,51)/t33-,34-,35-/m0/s1. The second-order valence-corrected chi connectivity index (χ2v) is 13.2. The van der Waals surface area contributed by atoms with Gasteiger partial charge in [-0.1, -0.05) is 48.9 Å². The Morgan fingerprint density at radius 2 is 1.49 bits per heavy atom. The molecule has 0 bridgehead atoms. The maximum Gasteiger partial charge on any atom is 0.326 e. The topological polar surface area (TPSA) is 165 Å². The van der Waals surface area contributed by atoms with Crippen LogP contribution in [-0.4, -0.2) is 91.5 Å². The van der Waals surface area contributed by atoms with Crippen molar-refractivity contribution in [1.82, 2.24) is 30.4 Å². The number of nitrogens with zero attached hydrogens (tertiary/aromatic N) is 4. The van der Waals surface area contributed by atoms with Gasteiger partial charge in [-0.2, -0.15) is 0 Å². The van der Waals surface area contributed by atoms with Crippen molar-refractivity contribution in [3.05, 3.63) is 96.1 Å². The predicted octanol–water partition coefficient (Wildman–Crippen LogP) is 4.45. The lowest BCUT2D eigenvalue weighted by molar-refractivity contribution is -0.149. The summed E-state index contributed by atoms with van der Waals surface area (Å²) in [7, 11) is 0. The molecule has 12 heteroatoms. The average molecular weight is 701 g/mol. The second-order valence-electron chi connectivity index (χ2n) is 13.2. The lowest BCUT2D eigenvalue weighted by atomic mass is 10.0. The first kappa shape index (κ1) is 39.1. The van der Waals surface area contributed by atoms with Crippen LogP contribution in [0.25, 0.3) is 0 Å². The van der Waals surface area contributed by atoms with Gasteiger partial charge in [0.1, 0.15) is 12.1 Å². The van der Waals surface area contributed by atoms with Crippen molar-refractivity contribution in [2.24, 2.45) is 0 Å². The summed E-state index contributed by atoms with van der Waals surface area (Å²) >= 11 is 0. The molecule has 51 heavy (non-hydrogen) atoms. The Labute approximate surface area is 300 Å². The van der Waals surface area contributed by atoms with Crippen LogP contribution in [-0.2, 0) is 38.7 Å². The zero-order valence-electron chi connectivity index (χ0n) is 29.4. The number of nitrogens with one attached hydrogen (secondary N) is 2. The lowest BCUT2D eigenvalue weighted by Crippen LogP contribution is -2.54. The highest BCUT2D eigenvalue weighted by Gasteiger charge is 2.38. The fourth-order valence-corrected chi connectivity index (χ4v) is 6.49. The monoisotopic (exact) mass is 700 g/mol. The van der Waals surface area contributed by atoms with Crippen molar-refractivity contribution < 1.29 is 29.4 Å². The van der Waals surface area contributed by atoms with Gasteiger partial charge in [0.2, 0.25) is 11.8 Å². The first-order valence-electron chi connectivity index (χ1n) is 18.1. The number of hydrogen-bond acceptors (Lipinski definition) is 8. The quantitative estimate of drug-likeness (QED) is 0.104. The van der Waals surface area contributed by atoms with Gasteiger partial charge in [-0.05, 0) is 94.2 Å². The number of pyridine rings is 2. The van der Waals surface area contributed by atoms with Crippen LogP contribution in [0.5, 0.6) is 0 Å². The third-order valence-electron chi connectivity index (χ3n) is 9.23. The number of aromatic nitrogens is 2. The minimum Gasteiger partial charge on any atom is -0.480 e. The van der Waals surface area contributed by atoms with E-state index in [0.29, 0.717) is 58.0 Å². The minimum absolute atomic E-state index is 0.0206. The molecule has 3 aromatic rings. The summed E-state index contributed by atoms with van der Waals surface area (Å²) in [5.74, 6) is -2.50. The first-order valence-corrected chi connectivity index (χ1v) is 18.1. The number of carboxylic acids is 2. The van der Waals surface area contributed by atoms with Gasteiger partial charge in [-0.25, -0.2) is 4.79 Å². The Kier molecular flexibility index (Phi) is 16.5. The molecule has 2 amide bonds. The van der Waals surface area contributed by atoms with Crippen LogP contribution in [0.15, 0.2) is 79.1 Å². The van der Waals surface area contributed by atoms with Gasteiger partial charge in [0.25, 0.3) is 0 Å². The van der Waals surface area contributed by atoms with Crippen molar-refractivity contribution in [1.29, 1.82) is 0 Å². The highest BCUT2D eigenvalue weighted by Crippen LogP contribution is 2.21. The van der Waals surface area contributed by atoms with Crippen LogP contribution < -0.4 is 10.6 Å². The smallest absolute Gasteiger partial charge is 0.326 e. The highest BCUT2D eigenvalue weighted by atomic mass is 16.4. The number of unbranched alkanes of at least 4 members (excludes halogenated alkanes) is 3. The summed E-state index contributed by atoms with van der Waals surface area (Å²) in [5, 5.41) is 25.7. The van der Waals surface area contributed by atoms with Gasteiger partial charge in [0, 0.05) is 45.0 Å². The average Bonchev–Trinajstić information content (AvgIpc) is 3.64. The van der Waals surface area contributed by atoms with E-state index in [-0.39, 0.29) is 18.2 Å². The molecule has 0 saturated carbocycles. The molecule has 4 N–H and O–H groups in total. The maximum absolute atomic E-state index is 13.6. The maximum atomic E-state index is 13.6. The van der Waals surface area contributed by atoms with Crippen LogP contribution >= 0.6 is 0 Å². The molecule has 2 aromatic heterocycles. The molecule has 3 atom stereocenters. The number of carboxylic acid groups (broad SMARTS) is 2. The number of likely N-dealkylation sites (tertiary alicyclic amines) is 1. The molecule has 0 radical (unpaired) electrons. The molecular formula is C39H52N6O6. The molecule has 1 aliphatic rings. The number of carbonyl (C=O) groups is 4. The van der Waals surface area contributed by atoms with E-state index in [1.54, 1.807) is 12.4 Å². The number of hydrogen-bond donors (Lipinski definition) is 4. The Morgan fingerprint density at radius 3 is 2.12 bits per heavy atom. The zero-order valence-corrected chi connectivity index (χ0v) is 29.4. The van der Waals surface area contributed by atoms with E-state index in [4.69, 9.17) is 0 Å². The summed E-state index contributed by atoms with van der Waals surface area (Å²) in [6, 6.07) is 18.7. The zero-order chi connectivity index (χ0) is 36.3. The normalized spacial score (nSPS) is 15.4. The van der Waals surface area contributed by atoms with E-state index in [1.807, 2.05) is 66.7 Å². The number of benzene rings is 1. The fourth-order valence-electron chi connectivity index (χ4n) is 6.49. The lowest BCUT2D eigenvalue weighted by Gasteiger charge is -2.29. The van der Waals surface area contributed by atoms with Gasteiger partial charge in [0.15, 0.2) is 0 Å². The van der Waals surface area contributed by atoms with Gasteiger partial charge in [-0.3, -0.25) is 34.6 Å². The van der Waals surface area contributed by atoms with E-state index < -0.39 is 30.1 Å². The molecule has 0 unspecified atom stereocenters. The van der Waals surface area contributed by atoms with E-state index in [2.05, 4.69) is 25.5 Å². The number of rotatable bonds is 23. The fraction of sp³-hybridized carbons (Fsp3) is 0.487. The van der Waals surface area contributed by atoms with Crippen LogP contribution in [0.3, 0.4) is 0 Å². The molecule has 1 aromatic carbocycles. The van der Waals surface area contributed by atoms with Gasteiger partial charge >= 0.3 is 11.9 Å². The van der Waals surface area contributed by atoms with Crippen LogP contribution in [0, 0.1) is 0 Å². The summed E-state index contributed by atoms with van der Waals surface area (Å²) in [4.78, 5) is 62.8. The Bertz CT molecular complexity index is 1450. The van der Waals surface area contributed by atoms with Crippen molar-refractivity contribution in [2.75, 3.05) is 19.6 Å². The Balaban J connectivity index is 1.19. The van der Waals surface area contributed by atoms with Gasteiger partial charge < -0.3 is 20.4 Å². The third kappa shape index (κ3) is 13.9. The molecule has 0 spiro atoms. The Hall–Kier alpha value is -4.68. The predicted molar refractivity (Wildman–Crippen MR) is 193 cm³/mol. The molecule has 1 aliphatic heterocycles. The van der Waals surface area contributed by atoms with E-state index >= 15 is 0 Å². The summed E-state index contributed by atoms with van der Waals surface area (Å²) in [6.45, 7) is 3.09. The van der Waals surface area contributed by atoms with Crippen LogP contribution in [0.1, 0.15) is 81.2 Å². The molecule has 12 nitrogen and oxygen atoms in total. The summed E-state index contributed by atoms with van der Waals surface area (Å²) in [6.07, 6.45) is 9.93.